The lowest BCUT2D eigenvalue weighted by molar-refractivity contribution is 0.101. The molecule has 0 unspecified atom stereocenters. The number of nitrogens with zero attached hydrogens (tertiary/aromatic N) is 2. The van der Waals surface area contributed by atoms with Crippen molar-refractivity contribution in [3.05, 3.63) is 48.4 Å². The third-order valence-corrected chi connectivity index (χ3v) is 2.12. The normalized spacial score (nSPS) is 9.81. The fourth-order valence-corrected chi connectivity index (χ4v) is 1.33. The SMILES string of the molecule is CC(=O)c1cccc(Nc2ccncn2)c1. The second kappa shape index (κ2) is 4.53. The van der Waals surface area contributed by atoms with E-state index in [9.17, 15) is 4.79 Å². The zero-order valence-electron chi connectivity index (χ0n) is 8.84. The molecule has 0 bridgehead atoms. The minimum atomic E-state index is 0.0475. The number of anilines is 2. The lowest BCUT2D eigenvalue weighted by Crippen LogP contribution is -1.96. The Hall–Kier alpha value is -2.23. The molecule has 0 amide bonds. The van der Waals surface area contributed by atoms with Crippen molar-refractivity contribution in [2.75, 3.05) is 5.32 Å². The molecule has 1 aromatic heterocycles. The van der Waals surface area contributed by atoms with Crippen molar-refractivity contribution >= 4 is 17.3 Å². The fourth-order valence-electron chi connectivity index (χ4n) is 1.33. The second-order valence-electron chi connectivity index (χ2n) is 3.36. The predicted octanol–water partition coefficient (Wildman–Crippen LogP) is 2.42. The Morgan fingerprint density at radius 1 is 1.31 bits per heavy atom. The van der Waals surface area contributed by atoms with E-state index in [1.807, 2.05) is 12.1 Å². The van der Waals surface area contributed by atoms with Gasteiger partial charge in [-0.25, -0.2) is 9.97 Å². The molecular formula is C12H11N3O. The summed E-state index contributed by atoms with van der Waals surface area (Å²) in [5.41, 5.74) is 1.52. The summed E-state index contributed by atoms with van der Waals surface area (Å²) in [5.74, 6) is 0.752. The highest BCUT2D eigenvalue weighted by Crippen LogP contribution is 2.15. The first kappa shape index (κ1) is 10.3. The average Bonchev–Trinajstić information content (AvgIpc) is 2.30. The summed E-state index contributed by atoms with van der Waals surface area (Å²) in [6, 6.07) is 9.06. The Labute approximate surface area is 93.4 Å². The van der Waals surface area contributed by atoms with Crippen molar-refractivity contribution in [3.63, 3.8) is 0 Å². The number of carbonyl (C=O) groups excluding carboxylic acids is 1. The number of rotatable bonds is 3. The molecule has 1 heterocycles. The van der Waals surface area contributed by atoms with Crippen LogP contribution in [0.1, 0.15) is 17.3 Å². The third-order valence-electron chi connectivity index (χ3n) is 2.12. The number of benzene rings is 1. The minimum Gasteiger partial charge on any atom is -0.340 e. The van der Waals surface area contributed by atoms with Gasteiger partial charge in [-0.1, -0.05) is 12.1 Å². The average molecular weight is 213 g/mol. The third kappa shape index (κ3) is 2.42. The van der Waals surface area contributed by atoms with Gasteiger partial charge in [-0.15, -0.1) is 0 Å². The number of aromatic nitrogens is 2. The lowest BCUT2D eigenvalue weighted by Gasteiger charge is -2.05. The van der Waals surface area contributed by atoms with E-state index in [0.29, 0.717) is 11.4 Å². The van der Waals surface area contributed by atoms with E-state index in [1.165, 1.54) is 6.33 Å². The minimum absolute atomic E-state index is 0.0475. The van der Waals surface area contributed by atoms with E-state index in [0.717, 1.165) is 5.69 Å². The van der Waals surface area contributed by atoms with Gasteiger partial charge < -0.3 is 5.32 Å². The van der Waals surface area contributed by atoms with E-state index in [4.69, 9.17) is 0 Å². The summed E-state index contributed by atoms with van der Waals surface area (Å²) in [4.78, 5) is 19.1. The van der Waals surface area contributed by atoms with Crippen molar-refractivity contribution < 1.29 is 4.79 Å². The highest BCUT2D eigenvalue weighted by Gasteiger charge is 2.00. The molecule has 4 heteroatoms. The smallest absolute Gasteiger partial charge is 0.159 e. The number of Topliss-reactive ketones (excluding diaryl/α,β-unsaturated/α-hetero) is 1. The van der Waals surface area contributed by atoms with E-state index in [-0.39, 0.29) is 5.78 Å². The van der Waals surface area contributed by atoms with E-state index in [2.05, 4.69) is 15.3 Å². The fraction of sp³-hybridized carbons (Fsp3) is 0.0833. The molecular weight excluding hydrogens is 202 g/mol. The Bertz CT molecular complexity index is 497. The summed E-state index contributed by atoms with van der Waals surface area (Å²) in [5, 5.41) is 3.10. The van der Waals surface area contributed by atoms with Crippen molar-refractivity contribution in [2.45, 2.75) is 6.92 Å². The van der Waals surface area contributed by atoms with E-state index < -0.39 is 0 Å². The molecule has 0 aliphatic carbocycles. The van der Waals surface area contributed by atoms with Gasteiger partial charge in [0.15, 0.2) is 5.78 Å². The Morgan fingerprint density at radius 2 is 2.19 bits per heavy atom. The molecule has 0 fully saturated rings. The number of nitrogens with one attached hydrogen (secondary N) is 1. The quantitative estimate of drug-likeness (QED) is 0.795. The molecule has 0 saturated carbocycles. The van der Waals surface area contributed by atoms with Gasteiger partial charge in [0.05, 0.1) is 0 Å². The van der Waals surface area contributed by atoms with Crippen LogP contribution in [0.2, 0.25) is 0 Å². The maximum atomic E-state index is 11.2. The molecule has 0 saturated heterocycles. The highest BCUT2D eigenvalue weighted by atomic mass is 16.1. The summed E-state index contributed by atoms with van der Waals surface area (Å²) < 4.78 is 0. The van der Waals surface area contributed by atoms with Crippen LogP contribution in [0.4, 0.5) is 11.5 Å². The van der Waals surface area contributed by atoms with Crippen LogP contribution in [0.25, 0.3) is 0 Å². The molecule has 1 N–H and O–H groups in total. The van der Waals surface area contributed by atoms with Crippen molar-refractivity contribution in [1.29, 1.82) is 0 Å². The van der Waals surface area contributed by atoms with Gasteiger partial charge in [0.25, 0.3) is 0 Å². The van der Waals surface area contributed by atoms with Gasteiger partial charge in [-0.2, -0.15) is 0 Å². The Kier molecular flexibility index (Phi) is 2.91. The van der Waals surface area contributed by atoms with Crippen LogP contribution < -0.4 is 5.32 Å². The van der Waals surface area contributed by atoms with Gasteiger partial charge in [-0.05, 0) is 25.1 Å². The van der Waals surface area contributed by atoms with Crippen LogP contribution in [0.5, 0.6) is 0 Å². The van der Waals surface area contributed by atoms with Gasteiger partial charge in [0.2, 0.25) is 0 Å². The monoisotopic (exact) mass is 213 g/mol. The molecule has 4 nitrogen and oxygen atoms in total. The Morgan fingerprint density at radius 3 is 2.88 bits per heavy atom. The molecule has 2 aromatic rings. The van der Waals surface area contributed by atoms with Crippen LogP contribution in [-0.4, -0.2) is 15.8 Å². The standard InChI is InChI=1S/C12H11N3O/c1-9(16)10-3-2-4-11(7-10)15-12-5-6-13-8-14-12/h2-8H,1H3,(H,13,14,15). The first-order chi connectivity index (χ1) is 7.75. The van der Waals surface area contributed by atoms with Gasteiger partial charge in [-0.3, -0.25) is 4.79 Å². The number of ketones is 1. The first-order valence-electron chi connectivity index (χ1n) is 4.90. The summed E-state index contributed by atoms with van der Waals surface area (Å²) in [6.07, 6.45) is 3.13. The predicted molar refractivity (Wildman–Crippen MR) is 61.8 cm³/mol. The zero-order valence-corrected chi connectivity index (χ0v) is 8.84. The Balaban J connectivity index is 2.22. The van der Waals surface area contributed by atoms with Gasteiger partial charge >= 0.3 is 0 Å². The molecule has 0 spiro atoms. The number of carbonyl (C=O) groups is 1. The molecule has 1 aromatic carbocycles. The maximum Gasteiger partial charge on any atom is 0.159 e. The van der Waals surface area contributed by atoms with Crippen LogP contribution in [0.15, 0.2) is 42.9 Å². The zero-order chi connectivity index (χ0) is 11.4. The van der Waals surface area contributed by atoms with Crippen molar-refractivity contribution in [2.24, 2.45) is 0 Å². The van der Waals surface area contributed by atoms with Crippen LogP contribution in [-0.2, 0) is 0 Å². The van der Waals surface area contributed by atoms with Gasteiger partial charge in [0.1, 0.15) is 12.1 Å². The lowest BCUT2D eigenvalue weighted by atomic mass is 10.1. The molecule has 0 aliphatic heterocycles. The molecule has 2 rings (SSSR count). The van der Waals surface area contributed by atoms with E-state index >= 15 is 0 Å². The largest absolute Gasteiger partial charge is 0.340 e. The van der Waals surface area contributed by atoms with Crippen LogP contribution in [0, 0.1) is 0 Å². The van der Waals surface area contributed by atoms with Crippen molar-refractivity contribution in [3.8, 4) is 0 Å². The van der Waals surface area contributed by atoms with E-state index in [1.54, 1.807) is 31.3 Å². The second-order valence-corrected chi connectivity index (χ2v) is 3.36. The van der Waals surface area contributed by atoms with Crippen molar-refractivity contribution in [1.82, 2.24) is 9.97 Å². The molecule has 16 heavy (non-hydrogen) atoms. The highest BCUT2D eigenvalue weighted by molar-refractivity contribution is 5.95. The summed E-state index contributed by atoms with van der Waals surface area (Å²) >= 11 is 0. The molecule has 0 atom stereocenters. The topological polar surface area (TPSA) is 54.9 Å². The maximum absolute atomic E-state index is 11.2. The molecule has 80 valence electrons. The molecule has 0 radical (unpaired) electrons. The number of hydrogen-bond acceptors (Lipinski definition) is 4. The summed E-state index contributed by atoms with van der Waals surface area (Å²) in [6.45, 7) is 1.55. The van der Waals surface area contributed by atoms with Crippen LogP contribution >= 0.6 is 0 Å². The first-order valence-corrected chi connectivity index (χ1v) is 4.90. The van der Waals surface area contributed by atoms with Crippen LogP contribution in [0.3, 0.4) is 0 Å². The van der Waals surface area contributed by atoms with Gasteiger partial charge in [0, 0.05) is 17.4 Å². The molecule has 0 aliphatic rings. The summed E-state index contributed by atoms with van der Waals surface area (Å²) in [7, 11) is 0. The number of hydrogen-bond donors (Lipinski definition) is 1.